The van der Waals surface area contributed by atoms with Crippen LogP contribution in [0, 0.1) is 0 Å². The Kier molecular flexibility index (Phi) is 8.78. The van der Waals surface area contributed by atoms with Crippen LogP contribution in [0.2, 0.25) is 0 Å². The van der Waals surface area contributed by atoms with Gasteiger partial charge in [0.25, 0.3) is 0 Å². The molecule has 0 aliphatic carbocycles. The van der Waals surface area contributed by atoms with Gasteiger partial charge in [0, 0.05) is 6.42 Å². The lowest BCUT2D eigenvalue weighted by Crippen LogP contribution is -2.07. The first-order valence-corrected chi connectivity index (χ1v) is 7.58. The van der Waals surface area contributed by atoms with E-state index >= 15 is 0 Å². The second kappa shape index (κ2) is 10.6. The van der Waals surface area contributed by atoms with Gasteiger partial charge in [-0.2, -0.15) is 0 Å². The molecule has 0 radical (unpaired) electrons. The molecule has 1 aromatic carbocycles. The second-order valence-corrected chi connectivity index (χ2v) is 5.01. The molecule has 0 atom stereocenters. The summed E-state index contributed by atoms with van der Waals surface area (Å²) in [4.78, 5) is 11.6. The SMILES string of the molecule is CCCCCCCCCCC(=O)Oc1ccccc1. The fraction of sp³-hybridized carbons (Fsp3) is 0.588. The van der Waals surface area contributed by atoms with Crippen molar-refractivity contribution in [1.82, 2.24) is 0 Å². The van der Waals surface area contributed by atoms with E-state index in [0.29, 0.717) is 12.2 Å². The minimum atomic E-state index is -0.114. The quantitative estimate of drug-likeness (QED) is 0.332. The number of rotatable bonds is 10. The van der Waals surface area contributed by atoms with Gasteiger partial charge in [0.15, 0.2) is 0 Å². The number of para-hydroxylation sites is 1. The molecule has 0 bridgehead atoms. The van der Waals surface area contributed by atoms with Gasteiger partial charge in [0.1, 0.15) is 5.75 Å². The average Bonchev–Trinajstić information content (AvgIpc) is 2.43. The standard InChI is InChI=1S/C17H26O2/c1-2-3-4-5-6-7-8-12-15-17(18)19-16-13-10-9-11-14-16/h9-11,13-14H,2-8,12,15H2,1H3. The van der Waals surface area contributed by atoms with Crippen LogP contribution in [0.3, 0.4) is 0 Å². The summed E-state index contributed by atoms with van der Waals surface area (Å²) in [6, 6.07) is 9.28. The summed E-state index contributed by atoms with van der Waals surface area (Å²) in [5.41, 5.74) is 0. The van der Waals surface area contributed by atoms with Crippen molar-refractivity contribution in [3.63, 3.8) is 0 Å². The van der Waals surface area contributed by atoms with Gasteiger partial charge in [-0.15, -0.1) is 0 Å². The first-order chi connectivity index (χ1) is 9.33. The topological polar surface area (TPSA) is 26.3 Å². The molecule has 0 N–H and O–H groups in total. The molecule has 0 saturated carbocycles. The Morgan fingerprint density at radius 1 is 0.895 bits per heavy atom. The molecule has 0 aliphatic rings. The highest BCUT2D eigenvalue weighted by Gasteiger charge is 2.03. The van der Waals surface area contributed by atoms with Crippen LogP contribution in [-0.2, 0) is 4.79 Å². The van der Waals surface area contributed by atoms with Gasteiger partial charge in [-0.3, -0.25) is 4.79 Å². The van der Waals surface area contributed by atoms with Gasteiger partial charge in [-0.1, -0.05) is 70.1 Å². The van der Waals surface area contributed by atoms with Gasteiger partial charge in [-0.05, 0) is 18.6 Å². The van der Waals surface area contributed by atoms with E-state index in [0.717, 1.165) is 12.8 Å². The zero-order chi connectivity index (χ0) is 13.8. The maximum Gasteiger partial charge on any atom is 0.311 e. The molecular formula is C17H26O2. The van der Waals surface area contributed by atoms with Crippen molar-refractivity contribution in [2.75, 3.05) is 0 Å². The summed E-state index contributed by atoms with van der Waals surface area (Å²) in [5.74, 6) is 0.532. The normalized spacial score (nSPS) is 10.4. The summed E-state index contributed by atoms with van der Waals surface area (Å²) in [5, 5.41) is 0. The predicted molar refractivity (Wildman–Crippen MR) is 79.3 cm³/mol. The molecule has 0 heterocycles. The number of hydrogen-bond donors (Lipinski definition) is 0. The van der Waals surface area contributed by atoms with E-state index in [-0.39, 0.29) is 5.97 Å². The number of hydrogen-bond acceptors (Lipinski definition) is 2. The van der Waals surface area contributed by atoms with E-state index in [4.69, 9.17) is 4.74 Å². The zero-order valence-electron chi connectivity index (χ0n) is 12.1. The van der Waals surface area contributed by atoms with E-state index in [1.54, 1.807) is 0 Å². The van der Waals surface area contributed by atoms with Crippen LogP contribution < -0.4 is 4.74 Å². The molecule has 106 valence electrons. The number of benzene rings is 1. The number of carbonyl (C=O) groups excluding carboxylic acids is 1. The lowest BCUT2D eigenvalue weighted by atomic mass is 10.1. The lowest BCUT2D eigenvalue weighted by molar-refractivity contribution is -0.134. The largest absolute Gasteiger partial charge is 0.427 e. The highest BCUT2D eigenvalue weighted by Crippen LogP contribution is 2.12. The molecule has 1 rings (SSSR count). The van der Waals surface area contributed by atoms with Crippen LogP contribution in [-0.4, -0.2) is 5.97 Å². The average molecular weight is 262 g/mol. The highest BCUT2D eigenvalue weighted by molar-refractivity contribution is 5.72. The molecule has 0 unspecified atom stereocenters. The van der Waals surface area contributed by atoms with Crippen molar-refractivity contribution in [3.05, 3.63) is 30.3 Å². The first-order valence-electron chi connectivity index (χ1n) is 7.58. The maximum atomic E-state index is 11.6. The molecule has 0 aromatic heterocycles. The van der Waals surface area contributed by atoms with Crippen molar-refractivity contribution in [2.45, 2.75) is 64.7 Å². The summed E-state index contributed by atoms with van der Waals surface area (Å²) in [6.07, 6.45) is 10.5. The third kappa shape index (κ3) is 8.41. The Hall–Kier alpha value is -1.31. The van der Waals surface area contributed by atoms with Crippen molar-refractivity contribution < 1.29 is 9.53 Å². The molecule has 0 saturated heterocycles. The number of unbranched alkanes of at least 4 members (excludes halogenated alkanes) is 7. The molecule has 0 aliphatic heterocycles. The van der Waals surface area contributed by atoms with E-state index in [1.807, 2.05) is 30.3 Å². The molecule has 0 spiro atoms. The lowest BCUT2D eigenvalue weighted by Gasteiger charge is -2.04. The van der Waals surface area contributed by atoms with Gasteiger partial charge in [0.05, 0.1) is 0 Å². The van der Waals surface area contributed by atoms with Gasteiger partial charge < -0.3 is 4.74 Å². The minimum absolute atomic E-state index is 0.114. The van der Waals surface area contributed by atoms with Crippen LogP contribution >= 0.6 is 0 Å². The number of esters is 1. The Balaban J connectivity index is 1.96. The zero-order valence-corrected chi connectivity index (χ0v) is 12.1. The van der Waals surface area contributed by atoms with E-state index < -0.39 is 0 Å². The Bertz CT molecular complexity index is 332. The van der Waals surface area contributed by atoms with Crippen molar-refractivity contribution in [2.24, 2.45) is 0 Å². The monoisotopic (exact) mass is 262 g/mol. The molecule has 1 aromatic rings. The van der Waals surface area contributed by atoms with Crippen molar-refractivity contribution >= 4 is 5.97 Å². The highest BCUT2D eigenvalue weighted by atomic mass is 16.5. The fourth-order valence-corrected chi connectivity index (χ4v) is 2.07. The first kappa shape index (κ1) is 15.7. The van der Waals surface area contributed by atoms with E-state index in [9.17, 15) is 4.79 Å². The predicted octanol–water partition coefficient (Wildman–Crippen LogP) is 5.12. The van der Waals surface area contributed by atoms with Crippen LogP contribution in [0.5, 0.6) is 5.75 Å². The maximum absolute atomic E-state index is 11.6. The molecule has 2 heteroatoms. The Labute approximate surface area is 117 Å². The van der Waals surface area contributed by atoms with Crippen LogP contribution in [0.25, 0.3) is 0 Å². The van der Waals surface area contributed by atoms with Crippen LogP contribution in [0.4, 0.5) is 0 Å². The van der Waals surface area contributed by atoms with Crippen LogP contribution in [0.1, 0.15) is 64.7 Å². The minimum Gasteiger partial charge on any atom is -0.427 e. The molecular weight excluding hydrogens is 236 g/mol. The third-order valence-electron chi connectivity index (χ3n) is 3.21. The van der Waals surface area contributed by atoms with Gasteiger partial charge >= 0.3 is 5.97 Å². The Morgan fingerprint density at radius 2 is 1.47 bits per heavy atom. The van der Waals surface area contributed by atoms with Crippen molar-refractivity contribution in [1.29, 1.82) is 0 Å². The molecule has 2 nitrogen and oxygen atoms in total. The summed E-state index contributed by atoms with van der Waals surface area (Å²) < 4.78 is 5.24. The van der Waals surface area contributed by atoms with Gasteiger partial charge in [-0.25, -0.2) is 0 Å². The smallest absolute Gasteiger partial charge is 0.311 e. The second-order valence-electron chi connectivity index (χ2n) is 5.01. The number of carbonyl (C=O) groups is 1. The van der Waals surface area contributed by atoms with E-state index in [2.05, 4.69) is 6.92 Å². The van der Waals surface area contributed by atoms with Crippen molar-refractivity contribution in [3.8, 4) is 5.75 Å². The Morgan fingerprint density at radius 3 is 2.11 bits per heavy atom. The summed E-state index contributed by atoms with van der Waals surface area (Å²) >= 11 is 0. The fourth-order valence-electron chi connectivity index (χ4n) is 2.07. The molecule has 0 amide bonds. The number of ether oxygens (including phenoxy) is 1. The molecule has 19 heavy (non-hydrogen) atoms. The van der Waals surface area contributed by atoms with E-state index in [1.165, 1.54) is 38.5 Å². The van der Waals surface area contributed by atoms with Gasteiger partial charge in [0.2, 0.25) is 0 Å². The molecule has 0 fully saturated rings. The third-order valence-corrected chi connectivity index (χ3v) is 3.21. The summed E-state index contributed by atoms with van der Waals surface area (Å²) in [6.45, 7) is 2.23. The summed E-state index contributed by atoms with van der Waals surface area (Å²) in [7, 11) is 0. The van der Waals surface area contributed by atoms with Crippen LogP contribution in [0.15, 0.2) is 30.3 Å².